The minimum atomic E-state index is -0.662. The SMILES string of the molecule is Cn1cc(CNCC(O)c2ccc(C(C)(C)C)cc2)c(=O)n(C)c1=O. The molecule has 0 saturated heterocycles. The summed E-state index contributed by atoms with van der Waals surface area (Å²) in [5.74, 6) is 0. The summed E-state index contributed by atoms with van der Waals surface area (Å²) in [7, 11) is 3.07. The van der Waals surface area contributed by atoms with Gasteiger partial charge in [0.05, 0.1) is 6.10 Å². The lowest BCUT2D eigenvalue weighted by molar-refractivity contribution is 0.174. The average Bonchev–Trinajstić information content (AvgIpc) is 2.56. The number of hydrogen-bond donors (Lipinski definition) is 2. The smallest absolute Gasteiger partial charge is 0.330 e. The van der Waals surface area contributed by atoms with Gasteiger partial charge in [0.25, 0.3) is 5.56 Å². The van der Waals surface area contributed by atoms with Crippen molar-refractivity contribution in [3.05, 3.63) is 68.0 Å². The molecule has 0 radical (unpaired) electrons. The van der Waals surface area contributed by atoms with Gasteiger partial charge < -0.3 is 15.0 Å². The zero-order valence-electron chi connectivity index (χ0n) is 15.5. The zero-order valence-corrected chi connectivity index (χ0v) is 15.5. The second kappa shape index (κ2) is 7.37. The van der Waals surface area contributed by atoms with E-state index in [4.69, 9.17) is 0 Å². The van der Waals surface area contributed by atoms with Crippen molar-refractivity contribution in [1.82, 2.24) is 14.5 Å². The van der Waals surface area contributed by atoms with E-state index in [2.05, 4.69) is 26.1 Å². The molecule has 2 N–H and O–H groups in total. The third kappa shape index (κ3) is 4.46. The molecule has 136 valence electrons. The number of aryl methyl sites for hydroxylation is 1. The van der Waals surface area contributed by atoms with Crippen molar-refractivity contribution in [2.45, 2.75) is 38.8 Å². The van der Waals surface area contributed by atoms with Gasteiger partial charge in [-0.05, 0) is 16.5 Å². The fourth-order valence-corrected chi connectivity index (χ4v) is 2.67. The Kier molecular flexibility index (Phi) is 5.65. The van der Waals surface area contributed by atoms with Crippen molar-refractivity contribution in [3.63, 3.8) is 0 Å². The van der Waals surface area contributed by atoms with E-state index in [0.717, 1.165) is 10.1 Å². The summed E-state index contributed by atoms with van der Waals surface area (Å²) in [6.45, 7) is 7.05. The molecule has 1 unspecified atom stereocenters. The van der Waals surface area contributed by atoms with Crippen LogP contribution in [0.3, 0.4) is 0 Å². The molecule has 1 aromatic carbocycles. The van der Waals surface area contributed by atoms with Crippen LogP contribution in [0.25, 0.3) is 0 Å². The molecule has 2 rings (SSSR count). The average molecular weight is 345 g/mol. The normalized spacial score (nSPS) is 13.0. The Balaban J connectivity index is 2.00. The van der Waals surface area contributed by atoms with Crippen LogP contribution in [0.15, 0.2) is 40.1 Å². The molecule has 0 amide bonds. The highest BCUT2D eigenvalue weighted by Gasteiger charge is 2.15. The second-order valence-corrected chi connectivity index (χ2v) is 7.43. The maximum Gasteiger partial charge on any atom is 0.330 e. The number of benzene rings is 1. The highest BCUT2D eigenvalue weighted by Crippen LogP contribution is 2.23. The molecule has 0 saturated carbocycles. The van der Waals surface area contributed by atoms with Gasteiger partial charge >= 0.3 is 5.69 Å². The number of hydrogen-bond acceptors (Lipinski definition) is 4. The van der Waals surface area contributed by atoms with Crippen LogP contribution < -0.4 is 16.6 Å². The number of aliphatic hydroxyl groups excluding tert-OH is 1. The number of nitrogens with one attached hydrogen (secondary N) is 1. The van der Waals surface area contributed by atoms with Gasteiger partial charge in [-0.1, -0.05) is 45.0 Å². The van der Waals surface area contributed by atoms with Crippen LogP contribution >= 0.6 is 0 Å². The fraction of sp³-hybridized carbons (Fsp3) is 0.474. The van der Waals surface area contributed by atoms with Gasteiger partial charge in [0, 0.05) is 38.9 Å². The molecule has 0 aliphatic rings. The van der Waals surface area contributed by atoms with Gasteiger partial charge in [-0.2, -0.15) is 0 Å². The predicted octanol–water partition coefficient (Wildman–Crippen LogP) is 1.20. The van der Waals surface area contributed by atoms with E-state index in [9.17, 15) is 14.7 Å². The Morgan fingerprint density at radius 3 is 2.28 bits per heavy atom. The predicted molar refractivity (Wildman–Crippen MR) is 98.7 cm³/mol. The van der Waals surface area contributed by atoms with Crippen molar-refractivity contribution in [3.8, 4) is 0 Å². The number of nitrogens with zero attached hydrogens (tertiary/aromatic N) is 2. The molecule has 0 fully saturated rings. The van der Waals surface area contributed by atoms with Crippen LogP contribution in [0.4, 0.5) is 0 Å². The summed E-state index contributed by atoms with van der Waals surface area (Å²) < 4.78 is 2.46. The molecule has 0 aliphatic carbocycles. The molecule has 1 aromatic heterocycles. The summed E-state index contributed by atoms with van der Waals surface area (Å²) in [5.41, 5.74) is 1.93. The van der Waals surface area contributed by atoms with Crippen LogP contribution in [-0.4, -0.2) is 20.8 Å². The van der Waals surface area contributed by atoms with Gasteiger partial charge in [0.1, 0.15) is 0 Å². The molecule has 0 aliphatic heterocycles. The molecule has 1 atom stereocenters. The summed E-state index contributed by atoms with van der Waals surface area (Å²) in [6.07, 6.45) is 0.868. The van der Waals surface area contributed by atoms with Crippen LogP contribution in [0.5, 0.6) is 0 Å². The maximum atomic E-state index is 12.1. The quantitative estimate of drug-likeness (QED) is 0.854. The monoisotopic (exact) mass is 345 g/mol. The Labute approximate surface area is 147 Å². The highest BCUT2D eigenvalue weighted by atomic mass is 16.3. The number of aliphatic hydroxyl groups is 1. The Morgan fingerprint density at radius 2 is 1.72 bits per heavy atom. The van der Waals surface area contributed by atoms with Crippen molar-refractivity contribution in [2.24, 2.45) is 14.1 Å². The molecule has 25 heavy (non-hydrogen) atoms. The van der Waals surface area contributed by atoms with Gasteiger partial charge in [0.15, 0.2) is 0 Å². The summed E-state index contributed by atoms with van der Waals surface area (Å²) in [6, 6.07) is 7.92. The molecule has 2 aromatic rings. The van der Waals surface area contributed by atoms with E-state index in [1.54, 1.807) is 7.05 Å². The lowest BCUT2D eigenvalue weighted by Crippen LogP contribution is -2.39. The van der Waals surface area contributed by atoms with E-state index in [-0.39, 0.29) is 23.2 Å². The van der Waals surface area contributed by atoms with Gasteiger partial charge in [0.2, 0.25) is 0 Å². The van der Waals surface area contributed by atoms with Gasteiger partial charge in [-0.25, -0.2) is 4.79 Å². The Hall–Kier alpha value is -2.18. The summed E-state index contributed by atoms with van der Waals surface area (Å²) >= 11 is 0. The first-order valence-electron chi connectivity index (χ1n) is 8.36. The zero-order chi connectivity index (χ0) is 18.8. The van der Waals surface area contributed by atoms with E-state index < -0.39 is 6.10 Å². The van der Waals surface area contributed by atoms with Crippen LogP contribution in [0, 0.1) is 0 Å². The molecule has 1 heterocycles. The summed E-state index contributed by atoms with van der Waals surface area (Å²) in [5, 5.41) is 13.4. The molecular formula is C19H27N3O3. The van der Waals surface area contributed by atoms with Crippen LogP contribution in [0.1, 0.15) is 43.6 Å². The fourth-order valence-electron chi connectivity index (χ4n) is 2.67. The second-order valence-electron chi connectivity index (χ2n) is 7.43. The lowest BCUT2D eigenvalue weighted by atomic mass is 9.86. The third-order valence-electron chi connectivity index (χ3n) is 4.33. The number of rotatable bonds is 5. The van der Waals surface area contributed by atoms with Gasteiger partial charge in [-0.15, -0.1) is 0 Å². The molecule has 0 spiro atoms. The highest BCUT2D eigenvalue weighted by molar-refractivity contribution is 5.28. The van der Waals surface area contributed by atoms with Crippen LogP contribution in [-0.2, 0) is 26.1 Å². The minimum Gasteiger partial charge on any atom is -0.387 e. The van der Waals surface area contributed by atoms with E-state index in [1.165, 1.54) is 23.4 Å². The standard InChI is InChI=1S/C19H27N3O3/c1-19(2,3)15-8-6-13(7-9-15)16(23)11-20-10-14-12-21(4)18(25)22(5)17(14)24/h6-9,12,16,20,23H,10-11H2,1-5H3. The van der Waals surface area contributed by atoms with Crippen molar-refractivity contribution < 1.29 is 5.11 Å². The first-order valence-corrected chi connectivity index (χ1v) is 8.36. The first-order chi connectivity index (χ1) is 11.6. The number of aromatic nitrogens is 2. The minimum absolute atomic E-state index is 0.0744. The van der Waals surface area contributed by atoms with E-state index in [0.29, 0.717) is 12.1 Å². The Morgan fingerprint density at radius 1 is 1.12 bits per heavy atom. The molecule has 6 nitrogen and oxygen atoms in total. The Bertz CT molecular complexity index is 842. The van der Waals surface area contributed by atoms with Crippen molar-refractivity contribution in [1.29, 1.82) is 0 Å². The lowest BCUT2D eigenvalue weighted by Gasteiger charge is -2.20. The van der Waals surface area contributed by atoms with E-state index >= 15 is 0 Å². The van der Waals surface area contributed by atoms with Gasteiger partial charge in [-0.3, -0.25) is 9.36 Å². The van der Waals surface area contributed by atoms with Crippen molar-refractivity contribution >= 4 is 0 Å². The molecular weight excluding hydrogens is 318 g/mol. The first kappa shape index (κ1) is 19.1. The molecule has 0 bridgehead atoms. The third-order valence-corrected chi connectivity index (χ3v) is 4.33. The largest absolute Gasteiger partial charge is 0.387 e. The van der Waals surface area contributed by atoms with E-state index in [1.807, 2.05) is 24.3 Å². The van der Waals surface area contributed by atoms with Crippen molar-refractivity contribution in [2.75, 3.05) is 6.54 Å². The topological polar surface area (TPSA) is 76.3 Å². The molecule has 6 heteroatoms. The van der Waals surface area contributed by atoms with Crippen LogP contribution in [0.2, 0.25) is 0 Å². The maximum absolute atomic E-state index is 12.1. The summed E-state index contributed by atoms with van der Waals surface area (Å²) in [4.78, 5) is 23.7.